The summed E-state index contributed by atoms with van der Waals surface area (Å²) in [6.45, 7) is 1.71. The maximum absolute atomic E-state index is 13.1. The van der Waals surface area contributed by atoms with Gasteiger partial charge in [0.15, 0.2) is 0 Å². The number of aliphatic carboxylic acids is 1. The van der Waals surface area contributed by atoms with Gasteiger partial charge in [0, 0.05) is 6.04 Å². The number of carboxylic acid groups (broad SMARTS) is 1. The van der Waals surface area contributed by atoms with E-state index >= 15 is 0 Å². The normalized spacial score (nSPS) is 23.3. The molecule has 1 saturated carbocycles. The molecule has 102 valence electrons. The molecule has 0 spiro atoms. The summed E-state index contributed by atoms with van der Waals surface area (Å²) in [5, 5.41) is 11.5. The lowest BCUT2D eigenvalue weighted by molar-refractivity contribution is -0.146. The lowest BCUT2D eigenvalue weighted by Gasteiger charge is -2.33. The Morgan fingerprint density at radius 1 is 1.42 bits per heavy atom. The Hall–Kier alpha value is -1.91. The standard InChI is InChI=1S/C14H16FNO3/c1-8(9-3-2-4-11(15)5-9)13(17)16-12-6-10(7-12)14(18)19/h2-5,8,10,12H,6-7H2,1H3,(H,16,17)(H,18,19). The van der Waals surface area contributed by atoms with E-state index in [2.05, 4.69) is 5.32 Å². The number of carboxylic acids is 1. The van der Waals surface area contributed by atoms with Crippen molar-refractivity contribution in [2.45, 2.75) is 31.7 Å². The highest BCUT2D eigenvalue weighted by Gasteiger charge is 2.35. The van der Waals surface area contributed by atoms with E-state index in [9.17, 15) is 14.0 Å². The van der Waals surface area contributed by atoms with Gasteiger partial charge in [0.2, 0.25) is 5.91 Å². The van der Waals surface area contributed by atoms with E-state index < -0.39 is 11.9 Å². The predicted molar refractivity (Wildman–Crippen MR) is 67.1 cm³/mol. The molecule has 19 heavy (non-hydrogen) atoms. The molecule has 1 unspecified atom stereocenters. The van der Waals surface area contributed by atoms with Crippen molar-refractivity contribution in [3.05, 3.63) is 35.6 Å². The summed E-state index contributed by atoms with van der Waals surface area (Å²) >= 11 is 0. The van der Waals surface area contributed by atoms with Crippen molar-refractivity contribution in [3.63, 3.8) is 0 Å². The first-order chi connectivity index (χ1) is 8.97. The van der Waals surface area contributed by atoms with Crippen LogP contribution in [0.1, 0.15) is 31.2 Å². The molecule has 4 nitrogen and oxygen atoms in total. The number of carbonyl (C=O) groups excluding carboxylic acids is 1. The van der Waals surface area contributed by atoms with E-state index in [1.54, 1.807) is 19.1 Å². The fraction of sp³-hybridized carbons (Fsp3) is 0.429. The van der Waals surface area contributed by atoms with E-state index in [1.807, 2.05) is 0 Å². The van der Waals surface area contributed by atoms with Crippen molar-refractivity contribution in [2.75, 3.05) is 0 Å². The summed E-state index contributed by atoms with van der Waals surface area (Å²) in [6.07, 6.45) is 0.938. The third-order valence-electron chi connectivity index (χ3n) is 3.58. The van der Waals surface area contributed by atoms with E-state index in [-0.39, 0.29) is 23.7 Å². The molecule has 1 atom stereocenters. The zero-order valence-electron chi connectivity index (χ0n) is 10.6. The molecule has 1 aromatic carbocycles. The monoisotopic (exact) mass is 265 g/mol. The molecule has 0 bridgehead atoms. The van der Waals surface area contributed by atoms with Gasteiger partial charge in [-0.2, -0.15) is 0 Å². The Morgan fingerprint density at radius 2 is 2.11 bits per heavy atom. The van der Waals surface area contributed by atoms with Gasteiger partial charge < -0.3 is 10.4 Å². The molecule has 5 heteroatoms. The molecule has 2 rings (SSSR count). The first-order valence-electron chi connectivity index (χ1n) is 6.26. The number of carbonyl (C=O) groups is 2. The molecule has 0 saturated heterocycles. The van der Waals surface area contributed by atoms with Crippen molar-refractivity contribution >= 4 is 11.9 Å². The van der Waals surface area contributed by atoms with Crippen LogP contribution in [0.25, 0.3) is 0 Å². The quantitative estimate of drug-likeness (QED) is 0.874. The van der Waals surface area contributed by atoms with Crippen LogP contribution < -0.4 is 5.32 Å². The highest BCUT2D eigenvalue weighted by Crippen LogP contribution is 2.28. The second kappa shape index (κ2) is 5.38. The minimum atomic E-state index is -0.816. The Balaban J connectivity index is 1.89. The molecule has 2 N–H and O–H groups in total. The van der Waals surface area contributed by atoms with Crippen LogP contribution in [-0.2, 0) is 9.59 Å². The Kier molecular flexibility index (Phi) is 3.83. The van der Waals surface area contributed by atoms with Crippen LogP contribution in [0.3, 0.4) is 0 Å². The summed E-state index contributed by atoms with van der Waals surface area (Å²) in [6, 6.07) is 5.86. The number of hydrogen-bond acceptors (Lipinski definition) is 2. The zero-order chi connectivity index (χ0) is 14.0. The van der Waals surface area contributed by atoms with E-state index in [0.717, 1.165) is 0 Å². The number of rotatable bonds is 4. The largest absolute Gasteiger partial charge is 0.481 e. The lowest BCUT2D eigenvalue weighted by atomic mass is 9.80. The van der Waals surface area contributed by atoms with Crippen LogP contribution in [0.2, 0.25) is 0 Å². The summed E-state index contributed by atoms with van der Waals surface area (Å²) < 4.78 is 13.1. The lowest BCUT2D eigenvalue weighted by Crippen LogP contribution is -2.47. The highest BCUT2D eigenvalue weighted by atomic mass is 19.1. The van der Waals surface area contributed by atoms with Gasteiger partial charge >= 0.3 is 5.97 Å². The van der Waals surface area contributed by atoms with Crippen molar-refractivity contribution in [1.82, 2.24) is 5.32 Å². The minimum absolute atomic E-state index is 0.0791. The molecule has 1 aliphatic rings. The van der Waals surface area contributed by atoms with Crippen molar-refractivity contribution in [3.8, 4) is 0 Å². The molecular formula is C14H16FNO3. The first kappa shape index (κ1) is 13.5. The average molecular weight is 265 g/mol. The fourth-order valence-electron chi connectivity index (χ4n) is 2.19. The van der Waals surface area contributed by atoms with Gasteiger partial charge in [0.05, 0.1) is 11.8 Å². The number of nitrogens with one attached hydrogen (secondary N) is 1. The maximum atomic E-state index is 13.1. The van der Waals surface area contributed by atoms with Crippen molar-refractivity contribution in [2.24, 2.45) is 5.92 Å². The summed E-state index contributed by atoms with van der Waals surface area (Å²) in [5.74, 6) is -2.18. The van der Waals surface area contributed by atoms with E-state index in [4.69, 9.17) is 5.11 Å². The van der Waals surface area contributed by atoms with Crippen LogP contribution >= 0.6 is 0 Å². The SMILES string of the molecule is CC(C(=O)NC1CC(C(=O)O)C1)c1cccc(F)c1. The second-order valence-corrected chi connectivity index (χ2v) is 4.99. The molecule has 1 aliphatic carbocycles. The van der Waals surface area contributed by atoms with Crippen LogP contribution in [0, 0.1) is 11.7 Å². The Bertz CT molecular complexity index is 497. The van der Waals surface area contributed by atoms with Crippen molar-refractivity contribution < 1.29 is 19.1 Å². The first-order valence-corrected chi connectivity index (χ1v) is 6.26. The third-order valence-corrected chi connectivity index (χ3v) is 3.58. The molecule has 1 aromatic rings. The van der Waals surface area contributed by atoms with Gasteiger partial charge in [-0.1, -0.05) is 12.1 Å². The Labute approximate surface area is 110 Å². The maximum Gasteiger partial charge on any atom is 0.306 e. The highest BCUT2D eigenvalue weighted by molar-refractivity contribution is 5.84. The van der Waals surface area contributed by atoms with Gasteiger partial charge in [-0.25, -0.2) is 4.39 Å². The Morgan fingerprint density at radius 3 is 2.68 bits per heavy atom. The van der Waals surface area contributed by atoms with Gasteiger partial charge in [-0.15, -0.1) is 0 Å². The molecule has 0 heterocycles. The second-order valence-electron chi connectivity index (χ2n) is 4.99. The average Bonchev–Trinajstić information content (AvgIpc) is 2.31. The smallest absolute Gasteiger partial charge is 0.306 e. The molecule has 0 aliphatic heterocycles. The molecule has 0 aromatic heterocycles. The summed E-state index contributed by atoms with van der Waals surface area (Å²) in [4.78, 5) is 22.6. The van der Waals surface area contributed by atoms with Gasteiger partial charge in [-0.05, 0) is 37.5 Å². The van der Waals surface area contributed by atoms with Gasteiger partial charge in [0.1, 0.15) is 5.82 Å². The number of hydrogen-bond donors (Lipinski definition) is 2. The molecule has 1 amide bonds. The van der Waals surface area contributed by atoms with Gasteiger partial charge in [0.25, 0.3) is 0 Å². The van der Waals surface area contributed by atoms with E-state index in [1.165, 1.54) is 12.1 Å². The summed E-state index contributed by atoms with van der Waals surface area (Å²) in [5.41, 5.74) is 0.617. The van der Waals surface area contributed by atoms with E-state index in [0.29, 0.717) is 18.4 Å². The van der Waals surface area contributed by atoms with Crippen molar-refractivity contribution in [1.29, 1.82) is 0 Å². The zero-order valence-corrected chi connectivity index (χ0v) is 10.6. The topological polar surface area (TPSA) is 66.4 Å². The minimum Gasteiger partial charge on any atom is -0.481 e. The van der Waals surface area contributed by atoms with Crippen LogP contribution in [0.5, 0.6) is 0 Å². The number of amides is 1. The third kappa shape index (κ3) is 3.10. The molecule has 1 fully saturated rings. The number of halogens is 1. The molecule has 0 radical (unpaired) electrons. The molecular weight excluding hydrogens is 249 g/mol. The van der Waals surface area contributed by atoms with Crippen LogP contribution in [0.15, 0.2) is 24.3 Å². The summed E-state index contributed by atoms with van der Waals surface area (Å²) in [7, 11) is 0. The van der Waals surface area contributed by atoms with Gasteiger partial charge in [-0.3, -0.25) is 9.59 Å². The number of benzene rings is 1. The fourth-order valence-corrected chi connectivity index (χ4v) is 2.19. The van der Waals surface area contributed by atoms with Crippen LogP contribution in [-0.4, -0.2) is 23.0 Å². The predicted octanol–water partition coefficient (Wildman–Crippen LogP) is 1.91. The van der Waals surface area contributed by atoms with Crippen LogP contribution in [0.4, 0.5) is 4.39 Å².